The van der Waals surface area contributed by atoms with Gasteiger partial charge in [-0.25, -0.2) is 0 Å². The van der Waals surface area contributed by atoms with Crippen molar-refractivity contribution in [2.75, 3.05) is 6.61 Å². The Hall–Kier alpha value is -2.86. The van der Waals surface area contributed by atoms with E-state index in [0.29, 0.717) is 24.2 Å². The van der Waals surface area contributed by atoms with Crippen LogP contribution in [0.1, 0.15) is 86.0 Å². The summed E-state index contributed by atoms with van der Waals surface area (Å²) in [5, 5.41) is 29.5. The molecule has 0 spiro atoms. The first-order valence-corrected chi connectivity index (χ1v) is 14.7. The minimum Gasteiger partial charge on any atom is -0.480 e. The number of oxime groups is 1. The maximum atomic E-state index is 12.5. The molecular weight excluding hydrogens is 510 g/mol. The monoisotopic (exact) mass is 555 g/mol. The predicted molar refractivity (Wildman–Crippen MR) is 151 cm³/mol. The number of hydrogen-bond acceptors (Lipinski definition) is 6. The van der Waals surface area contributed by atoms with Crippen LogP contribution in [-0.2, 0) is 19.2 Å². The van der Waals surface area contributed by atoms with Gasteiger partial charge >= 0.3 is 5.97 Å². The molecule has 3 fully saturated rings. The van der Waals surface area contributed by atoms with Crippen molar-refractivity contribution >= 4 is 23.5 Å². The van der Waals surface area contributed by atoms with Gasteiger partial charge in [-0.1, -0.05) is 44.3 Å². The number of carbonyl (C=O) groups excluding carboxylic acids is 2. The van der Waals surface area contributed by atoms with Crippen LogP contribution in [0, 0.1) is 46.8 Å². The molecular formula is C31H45N3O6. The summed E-state index contributed by atoms with van der Waals surface area (Å²) >= 11 is 0. The zero-order valence-corrected chi connectivity index (χ0v) is 24.5. The molecule has 0 radical (unpaired) electrons. The number of aliphatic hydroxyl groups is 1. The van der Waals surface area contributed by atoms with Crippen molar-refractivity contribution < 1.29 is 29.4 Å². The highest BCUT2D eigenvalue weighted by Crippen LogP contribution is 2.67. The summed E-state index contributed by atoms with van der Waals surface area (Å²) in [5.74, 6) is 1.88. The topological polar surface area (TPSA) is 137 Å². The van der Waals surface area contributed by atoms with Crippen LogP contribution in [0.5, 0.6) is 0 Å². The third kappa shape index (κ3) is 5.27. The smallest absolute Gasteiger partial charge is 0.325 e. The summed E-state index contributed by atoms with van der Waals surface area (Å²) in [6.45, 7) is 9.16. The molecule has 4 aliphatic carbocycles. The number of amides is 2. The Kier molecular flexibility index (Phi) is 8.43. The van der Waals surface area contributed by atoms with E-state index in [1.54, 1.807) is 13.8 Å². The van der Waals surface area contributed by atoms with Crippen LogP contribution in [0.2, 0.25) is 0 Å². The molecule has 4 N–H and O–H groups in total. The van der Waals surface area contributed by atoms with Crippen molar-refractivity contribution in [1.82, 2.24) is 10.6 Å². The fraction of sp³-hybridized carbons (Fsp3) is 0.742. The van der Waals surface area contributed by atoms with Crippen LogP contribution in [-0.4, -0.2) is 58.0 Å². The SMILES string of the molecule is C#C[C@@]1(O)CC[C@H]2[C@@H]3CCC4=C/C(=N\OCC(=O)N[C@@H](C(=O)N[C@H](C)C(=O)O)C(C)C)CC[C@]4(C)[C@H]3CC[C@@]21C. The molecule has 0 aromatic carbocycles. The number of carboxylic acid groups (broad SMARTS) is 1. The summed E-state index contributed by atoms with van der Waals surface area (Å²) in [6, 6.07) is -1.94. The van der Waals surface area contributed by atoms with Gasteiger partial charge in [-0.15, -0.1) is 6.42 Å². The van der Waals surface area contributed by atoms with Gasteiger partial charge in [0.25, 0.3) is 5.91 Å². The number of aliphatic carboxylic acids is 1. The zero-order chi connectivity index (χ0) is 29.5. The van der Waals surface area contributed by atoms with Crippen LogP contribution in [0.3, 0.4) is 0 Å². The highest BCUT2D eigenvalue weighted by Gasteiger charge is 2.63. The Morgan fingerprint density at radius 1 is 1.10 bits per heavy atom. The van der Waals surface area contributed by atoms with Gasteiger partial charge in [0.15, 0.2) is 6.61 Å². The Morgan fingerprint density at radius 2 is 1.80 bits per heavy atom. The minimum absolute atomic E-state index is 0.0857. The van der Waals surface area contributed by atoms with E-state index >= 15 is 0 Å². The van der Waals surface area contributed by atoms with Gasteiger partial charge in [-0.2, -0.15) is 0 Å². The average Bonchev–Trinajstić information content (AvgIpc) is 3.18. The van der Waals surface area contributed by atoms with Crippen LogP contribution in [0.4, 0.5) is 0 Å². The summed E-state index contributed by atoms with van der Waals surface area (Å²) in [7, 11) is 0. The van der Waals surface area contributed by atoms with Crippen LogP contribution in [0.15, 0.2) is 16.8 Å². The third-order valence-corrected chi connectivity index (χ3v) is 10.7. The molecule has 4 aliphatic rings. The number of allylic oxidation sites excluding steroid dienone is 2. The number of fused-ring (bicyclic) bond motifs is 5. The van der Waals surface area contributed by atoms with Crippen molar-refractivity contribution in [3.63, 3.8) is 0 Å². The van der Waals surface area contributed by atoms with E-state index in [4.69, 9.17) is 16.4 Å². The minimum atomic E-state index is -1.15. The van der Waals surface area contributed by atoms with Crippen molar-refractivity contribution in [3.8, 4) is 12.3 Å². The first-order valence-electron chi connectivity index (χ1n) is 14.7. The molecule has 9 heteroatoms. The molecule has 0 saturated heterocycles. The second-order valence-corrected chi connectivity index (χ2v) is 13.2. The Bertz CT molecular complexity index is 1140. The summed E-state index contributed by atoms with van der Waals surface area (Å²) < 4.78 is 0. The lowest BCUT2D eigenvalue weighted by Crippen LogP contribution is -2.54. The molecule has 4 rings (SSSR count). The number of terminal acetylenes is 1. The maximum Gasteiger partial charge on any atom is 0.325 e. The molecule has 0 bridgehead atoms. The highest BCUT2D eigenvalue weighted by molar-refractivity contribution is 5.96. The van der Waals surface area contributed by atoms with Gasteiger partial charge < -0.3 is 25.7 Å². The fourth-order valence-electron chi connectivity index (χ4n) is 8.18. The lowest BCUT2D eigenvalue weighted by Gasteiger charge is -2.58. The summed E-state index contributed by atoms with van der Waals surface area (Å²) in [6.07, 6.45) is 15.5. The van der Waals surface area contributed by atoms with Crippen LogP contribution >= 0.6 is 0 Å². The molecule has 0 heterocycles. The number of hydrogen-bond donors (Lipinski definition) is 4. The molecule has 0 aromatic heterocycles. The number of nitrogens with one attached hydrogen (secondary N) is 2. The van der Waals surface area contributed by atoms with E-state index in [2.05, 4.69) is 41.6 Å². The summed E-state index contributed by atoms with van der Waals surface area (Å²) in [4.78, 5) is 41.4. The molecule has 9 nitrogen and oxygen atoms in total. The Labute approximate surface area is 237 Å². The number of nitrogens with zero attached hydrogens (tertiary/aromatic N) is 1. The first kappa shape index (κ1) is 30.1. The largest absolute Gasteiger partial charge is 0.480 e. The number of carbonyl (C=O) groups is 3. The van der Waals surface area contributed by atoms with Gasteiger partial charge in [-0.05, 0) is 93.5 Å². The Morgan fingerprint density at radius 3 is 2.45 bits per heavy atom. The summed E-state index contributed by atoms with van der Waals surface area (Å²) in [5.41, 5.74) is 1.09. The van der Waals surface area contributed by atoms with Crippen LogP contribution in [0.25, 0.3) is 0 Å². The molecule has 40 heavy (non-hydrogen) atoms. The molecule has 0 aromatic rings. The molecule has 0 unspecified atom stereocenters. The van der Waals surface area contributed by atoms with Gasteiger partial charge in [-0.3, -0.25) is 14.4 Å². The normalized spacial score (nSPS) is 37.2. The molecule has 220 valence electrons. The molecule has 3 saturated carbocycles. The van der Waals surface area contributed by atoms with Gasteiger partial charge in [0.05, 0.1) is 5.71 Å². The van der Waals surface area contributed by atoms with E-state index in [1.807, 2.05) is 0 Å². The quantitative estimate of drug-likeness (QED) is 0.268. The van der Waals surface area contributed by atoms with Gasteiger partial charge in [0.2, 0.25) is 5.91 Å². The average molecular weight is 556 g/mol. The standard InChI is InChI=1S/C31H45N3O6/c1-7-31(39)15-12-24-22-9-8-20-16-21(10-13-29(20,5)23(22)11-14-30(24,31)6)34-40-17-25(35)33-26(18(2)3)27(36)32-19(4)28(37)38/h1,16,18-19,22-24,26,39H,8-15,17H2,2-6H3,(H,32,36)(H,33,35)(H,37,38)/b34-21-/t19-,22-,23+,24+,26-,29+,30+,31-/m1/s1. The number of rotatable bonds is 8. The fourth-order valence-corrected chi connectivity index (χ4v) is 8.18. The van der Waals surface area contributed by atoms with E-state index in [1.165, 1.54) is 12.5 Å². The first-order chi connectivity index (χ1) is 18.8. The predicted octanol–water partition coefficient (Wildman–Crippen LogP) is 3.42. The van der Waals surface area contributed by atoms with E-state index in [0.717, 1.165) is 50.7 Å². The van der Waals surface area contributed by atoms with Crippen molar-refractivity contribution in [3.05, 3.63) is 11.6 Å². The number of carboxylic acids is 1. The zero-order valence-electron chi connectivity index (χ0n) is 24.5. The second-order valence-electron chi connectivity index (χ2n) is 13.2. The van der Waals surface area contributed by atoms with Crippen LogP contribution < -0.4 is 10.6 Å². The lowest BCUT2D eigenvalue weighted by atomic mass is 9.46. The highest BCUT2D eigenvalue weighted by atomic mass is 16.6. The van der Waals surface area contributed by atoms with E-state index in [-0.39, 0.29) is 23.4 Å². The molecule has 0 aliphatic heterocycles. The van der Waals surface area contributed by atoms with E-state index in [9.17, 15) is 19.5 Å². The Balaban J connectivity index is 1.36. The third-order valence-electron chi connectivity index (χ3n) is 10.7. The van der Waals surface area contributed by atoms with Crippen molar-refractivity contribution in [1.29, 1.82) is 0 Å². The van der Waals surface area contributed by atoms with E-state index < -0.39 is 35.5 Å². The molecule has 2 amide bonds. The van der Waals surface area contributed by atoms with Crippen molar-refractivity contribution in [2.45, 2.75) is 104 Å². The second kappa shape index (κ2) is 11.2. The maximum absolute atomic E-state index is 12.5. The molecule has 8 atom stereocenters. The van der Waals surface area contributed by atoms with Gasteiger partial charge in [0.1, 0.15) is 17.7 Å². The van der Waals surface area contributed by atoms with Crippen molar-refractivity contribution in [2.24, 2.45) is 39.7 Å². The lowest BCUT2D eigenvalue weighted by molar-refractivity contribution is -0.142. The van der Waals surface area contributed by atoms with Gasteiger partial charge in [0, 0.05) is 5.41 Å².